The molecule has 0 bridgehead atoms. The zero-order valence-electron chi connectivity index (χ0n) is 16.0. The van der Waals surface area contributed by atoms with Gasteiger partial charge in [-0.25, -0.2) is 0 Å². The van der Waals surface area contributed by atoms with Crippen molar-refractivity contribution in [2.45, 2.75) is 18.4 Å². The van der Waals surface area contributed by atoms with Gasteiger partial charge in [-0.2, -0.15) is 0 Å². The van der Waals surface area contributed by atoms with Crippen LogP contribution in [-0.2, 0) is 0 Å². The normalized spacial score (nSPS) is 21.3. The summed E-state index contributed by atoms with van der Waals surface area (Å²) in [6.45, 7) is 4.20. The van der Waals surface area contributed by atoms with Gasteiger partial charge in [-0.15, -0.1) is 24.8 Å². The van der Waals surface area contributed by atoms with Gasteiger partial charge in [-0.1, -0.05) is 12.1 Å². The highest BCUT2D eigenvalue weighted by Crippen LogP contribution is 2.39. The first-order chi connectivity index (χ1) is 12.6. The number of rotatable bonds is 4. The van der Waals surface area contributed by atoms with Crippen LogP contribution in [0.25, 0.3) is 0 Å². The highest BCUT2D eigenvalue weighted by molar-refractivity contribution is 6.04. The van der Waals surface area contributed by atoms with Gasteiger partial charge in [0.15, 0.2) is 0 Å². The predicted molar refractivity (Wildman–Crippen MR) is 120 cm³/mol. The van der Waals surface area contributed by atoms with E-state index in [4.69, 9.17) is 5.73 Å². The Bertz CT molecular complexity index is 774. The van der Waals surface area contributed by atoms with E-state index in [2.05, 4.69) is 34.3 Å². The van der Waals surface area contributed by atoms with Crippen LogP contribution in [-0.4, -0.2) is 50.1 Å². The topological polar surface area (TPSA) is 61.6 Å². The Balaban J connectivity index is 0.00000140. The quantitative estimate of drug-likeness (QED) is 0.792. The SMILES string of the molecule is CN1CCN(c2ccc(C(=O)Nc3ccc(C4CC4N)cc3)cc2)CC1.Cl.Cl. The Kier molecular flexibility index (Phi) is 7.72. The Morgan fingerprint density at radius 1 is 0.964 bits per heavy atom. The smallest absolute Gasteiger partial charge is 0.255 e. The summed E-state index contributed by atoms with van der Waals surface area (Å²) in [6, 6.07) is 16.2. The molecule has 152 valence electrons. The number of halogens is 2. The van der Waals surface area contributed by atoms with E-state index in [1.807, 2.05) is 36.4 Å². The van der Waals surface area contributed by atoms with Gasteiger partial charge in [0, 0.05) is 55.1 Å². The molecule has 28 heavy (non-hydrogen) atoms. The molecule has 1 heterocycles. The summed E-state index contributed by atoms with van der Waals surface area (Å²) in [5.41, 5.74) is 9.82. The Labute approximate surface area is 179 Å². The molecule has 7 heteroatoms. The third-order valence-corrected chi connectivity index (χ3v) is 5.43. The maximum atomic E-state index is 12.5. The van der Waals surface area contributed by atoms with Crippen LogP contribution < -0.4 is 16.0 Å². The molecule has 2 aromatic carbocycles. The fraction of sp³-hybridized carbons (Fsp3) is 0.381. The molecular formula is C21H28Cl2N4O. The lowest BCUT2D eigenvalue weighted by Crippen LogP contribution is -2.44. The first-order valence-electron chi connectivity index (χ1n) is 9.30. The fourth-order valence-electron chi connectivity index (χ4n) is 3.50. The molecule has 2 aliphatic rings. The molecule has 1 saturated carbocycles. The molecule has 5 nitrogen and oxygen atoms in total. The van der Waals surface area contributed by atoms with Crippen LogP contribution in [0.5, 0.6) is 0 Å². The molecule has 2 atom stereocenters. The first-order valence-corrected chi connectivity index (χ1v) is 9.30. The Morgan fingerprint density at radius 3 is 2.07 bits per heavy atom. The number of piperazine rings is 1. The summed E-state index contributed by atoms with van der Waals surface area (Å²) in [5.74, 6) is 0.410. The van der Waals surface area contributed by atoms with E-state index in [-0.39, 0.29) is 30.7 Å². The predicted octanol–water partition coefficient (Wildman–Crippen LogP) is 3.35. The number of nitrogens with one attached hydrogen (secondary N) is 1. The van der Waals surface area contributed by atoms with Crippen LogP contribution >= 0.6 is 24.8 Å². The van der Waals surface area contributed by atoms with E-state index >= 15 is 0 Å². The van der Waals surface area contributed by atoms with Crippen molar-refractivity contribution in [3.05, 3.63) is 59.7 Å². The molecule has 2 fully saturated rings. The molecule has 1 amide bonds. The summed E-state index contributed by atoms with van der Waals surface area (Å²) < 4.78 is 0. The van der Waals surface area contributed by atoms with E-state index in [1.165, 1.54) is 11.3 Å². The minimum Gasteiger partial charge on any atom is -0.369 e. The maximum Gasteiger partial charge on any atom is 0.255 e. The average Bonchev–Trinajstić information content (AvgIpc) is 3.40. The molecule has 0 radical (unpaired) electrons. The summed E-state index contributed by atoms with van der Waals surface area (Å²) in [4.78, 5) is 17.2. The fourth-order valence-corrected chi connectivity index (χ4v) is 3.50. The molecule has 2 unspecified atom stereocenters. The third-order valence-electron chi connectivity index (χ3n) is 5.43. The number of hydrogen-bond acceptors (Lipinski definition) is 4. The lowest BCUT2D eigenvalue weighted by atomic mass is 10.1. The summed E-state index contributed by atoms with van der Waals surface area (Å²) in [6.07, 6.45) is 1.06. The van der Waals surface area contributed by atoms with Crippen molar-refractivity contribution in [2.75, 3.05) is 43.4 Å². The number of benzene rings is 2. The van der Waals surface area contributed by atoms with Crippen molar-refractivity contribution >= 4 is 42.1 Å². The van der Waals surface area contributed by atoms with Crippen LogP contribution in [0.4, 0.5) is 11.4 Å². The monoisotopic (exact) mass is 422 g/mol. The molecule has 1 aliphatic heterocycles. The van der Waals surface area contributed by atoms with Gasteiger partial charge in [0.25, 0.3) is 5.91 Å². The van der Waals surface area contributed by atoms with Gasteiger partial charge < -0.3 is 20.9 Å². The first kappa shape index (κ1) is 22.5. The second kappa shape index (κ2) is 9.61. The number of carbonyl (C=O) groups is 1. The van der Waals surface area contributed by atoms with Crippen LogP contribution in [0.1, 0.15) is 28.3 Å². The minimum atomic E-state index is -0.0780. The molecule has 3 N–H and O–H groups in total. The van der Waals surface area contributed by atoms with Crippen LogP contribution in [0, 0.1) is 0 Å². The van der Waals surface area contributed by atoms with E-state index < -0.39 is 0 Å². The lowest BCUT2D eigenvalue weighted by Gasteiger charge is -2.34. The number of anilines is 2. The maximum absolute atomic E-state index is 12.5. The van der Waals surface area contributed by atoms with Crippen molar-refractivity contribution in [3.63, 3.8) is 0 Å². The molecular weight excluding hydrogens is 395 g/mol. The molecule has 4 rings (SSSR count). The van der Waals surface area contributed by atoms with Crippen LogP contribution in [0.15, 0.2) is 48.5 Å². The zero-order chi connectivity index (χ0) is 18.1. The van der Waals surface area contributed by atoms with E-state index in [0.29, 0.717) is 17.5 Å². The lowest BCUT2D eigenvalue weighted by molar-refractivity contribution is 0.102. The summed E-state index contributed by atoms with van der Waals surface area (Å²) in [7, 11) is 2.15. The minimum absolute atomic E-state index is 0. The number of hydrogen-bond donors (Lipinski definition) is 2. The van der Waals surface area contributed by atoms with Crippen molar-refractivity contribution < 1.29 is 4.79 Å². The zero-order valence-corrected chi connectivity index (χ0v) is 17.6. The highest BCUT2D eigenvalue weighted by Gasteiger charge is 2.34. The standard InChI is InChI=1S/C21H26N4O.2ClH/c1-24-10-12-25(13-11-24)18-8-4-16(5-9-18)21(26)23-17-6-2-15(3-7-17)19-14-20(19)22;;/h2-9,19-20H,10-14,22H2,1H3,(H,23,26);2*1H. The molecule has 0 spiro atoms. The van der Waals surface area contributed by atoms with Gasteiger partial charge in [-0.3, -0.25) is 4.79 Å². The van der Waals surface area contributed by atoms with Gasteiger partial charge in [0.05, 0.1) is 0 Å². The molecule has 1 aliphatic carbocycles. The van der Waals surface area contributed by atoms with Crippen molar-refractivity contribution in [1.82, 2.24) is 4.90 Å². The number of likely N-dealkylation sites (N-methyl/N-ethyl adjacent to an activating group) is 1. The van der Waals surface area contributed by atoms with E-state index in [9.17, 15) is 4.79 Å². The molecule has 0 aromatic heterocycles. The Hall–Kier alpha value is -1.79. The van der Waals surface area contributed by atoms with Crippen molar-refractivity contribution in [1.29, 1.82) is 0 Å². The molecule has 2 aromatic rings. The average molecular weight is 423 g/mol. The van der Waals surface area contributed by atoms with Crippen molar-refractivity contribution in [3.8, 4) is 0 Å². The number of nitrogens with zero attached hydrogens (tertiary/aromatic N) is 2. The highest BCUT2D eigenvalue weighted by atomic mass is 35.5. The second-order valence-corrected chi connectivity index (χ2v) is 7.42. The van der Waals surface area contributed by atoms with Gasteiger partial charge >= 0.3 is 0 Å². The number of amides is 1. The van der Waals surface area contributed by atoms with E-state index in [1.54, 1.807) is 0 Å². The Morgan fingerprint density at radius 2 is 1.54 bits per heavy atom. The summed E-state index contributed by atoms with van der Waals surface area (Å²) in [5, 5.41) is 2.97. The second-order valence-electron chi connectivity index (χ2n) is 7.42. The van der Waals surface area contributed by atoms with Crippen molar-refractivity contribution in [2.24, 2.45) is 5.73 Å². The number of carbonyl (C=O) groups excluding carboxylic acids is 1. The van der Waals surface area contributed by atoms with Gasteiger partial charge in [0.2, 0.25) is 0 Å². The third kappa shape index (κ3) is 5.17. The molecule has 1 saturated heterocycles. The van der Waals surface area contributed by atoms with Crippen LogP contribution in [0.2, 0.25) is 0 Å². The van der Waals surface area contributed by atoms with Gasteiger partial charge in [-0.05, 0) is 55.4 Å². The van der Waals surface area contributed by atoms with Gasteiger partial charge in [0.1, 0.15) is 0 Å². The number of nitrogens with two attached hydrogens (primary N) is 1. The van der Waals surface area contributed by atoms with E-state index in [0.717, 1.165) is 38.3 Å². The summed E-state index contributed by atoms with van der Waals surface area (Å²) >= 11 is 0. The van der Waals surface area contributed by atoms with Crippen LogP contribution in [0.3, 0.4) is 0 Å². The largest absolute Gasteiger partial charge is 0.369 e.